The van der Waals surface area contributed by atoms with Gasteiger partial charge in [-0.3, -0.25) is 4.90 Å². The van der Waals surface area contributed by atoms with E-state index in [0.29, 0.717) is 6.42 Å². The van der Waals surface area contributed by atoms with Crippen LogP contribution in [0.2, 0.25) is 0 Å². The first-order chi connectivity index (χ1) is 9.17. The van der Waals surface area contributed by atoms with Crippen molar-refractivity contribution in [2.24, 2.45) is 5.73 Å². The van der Waals surface area contributed by atoms with Gasteiger partial charge in [0.25, 0.3) is 0 Å². The number of alkyl halides is 3. The molecular formula is C14H23F3N2S. The molecule has 0 saturated heterocycles. The van der Waals surface area contributed by atoms with Gasteiger partial charge in [0.2, 0.25) is 0 Å². The van der Waals surface area contributed by atoms with Crippen molar-refractivity contribution >= 4 is 11.3 Å². The van der Waals surface area contributed by atoms with Crippen LogP contribution < -0.4 is 5.73 Å². The van der Waals surface area contributed by atoms with Gasteiger partial charge in [-0.25, -0.2) is 0 Å². The Kier molecular flexibility index (Phi) is 6.04. The van der Waals surface area contributed by atoms with E-state index < -0.39 is 12.7 Å². The zero-order chi connectivity index (χ0) is 15.5. The lowest BCUT2D eigenvalue weighted by Crippen LogP contribution is -2.48. The molecule has 1 rings (SSSR count). The molecule has 2 atom stereocenters. The van der Waals surface area contributed by atoms with Crippen molar-refractivity contribution in [1.82, 2.24) is 4.90 Å². The van der Waals surface area contributed by atoms with Crippen molar-refractivity contribution in [3.8, 4) is 0 Å². The molecule has 2 N–H and O–H groups in total. The fourth-order valence-electron chi connectivity index (χ4n) is 2.31. The lowest BCUT2D eigenvalue weighted by atomic mass is 9.99. The van der Waals surface area contributed by atoms with E-state index in [9.17, 15) is 13.2 Å². The van der Waals surface area contributed by atoms with Gasteiger partial charge in [0.05, 0.1) is 12.6 Å². The van der Waals surface area contributed by atoms with Crippen LogP contribution in [0.1, 0.15) is 43.7 Å². The number of hydrogen-bond acceptors (Lipinski definition) is 3. The average Bonchev–Trinajstić information content (AvgIpc) is 2.73. The molecule has 0 amide bonds. The van der Waals surface area contributed by atoms with Gasteiger partial charge in [-0.1, -0.05) is 6.92 Å². The third kappa shape index (κ3) is 4.46. The highest BCUT2D eigenvalue weighted by Gasteiger charge is 2.38. The standard InChI is InChI=1S/C14H23F3N2S/c1-5-11(18)12(13-10(4)6-7-20-13)19(9(2)3)8-14(15,16)17/h6-7,9,11-12H,5,8,18H2,1-4H3. The molecule has 20 heavy (non-hydrogen) atoms. The Morgan fingerprint density at radius 3 is 2.30 bits per heavy atom. The molecule has 0 radical (unpaired) electrons. The Hall–Kier alpha value is -0.590. The molecule has 116 valence electrons. The molecule has 2 nitrogen and oxygen atoms in total. The highest BCUT2D eigenvalue weighted by Crippen LogP contribution is 2.35. The van der Waals surface area contributed by atoms with Crippen molar-refractivity contribution in [3.05, 3.63) is 21.9 Å². The molecule has 0 fully saturated rings. The van der Waals surface area contributed by atoms with Gasteiger partial charge in [0.15, 0.2) is 0 Å². The molecule has 0 aliphatic carbocycles. The highest BCUT2D eigenvalue weighted by atomic mass is 32.1. The van der Waals surface area contributed by atoms with E-state index in [1.807, 2.05) is 25.3 Å². The van der Waals surface area contributed by atoms with E-state index >= 15 is 0 Å². The van der Waals surface area contributed by atoms with Crippen LogP contribution >= 0.6 is 11.3 Å². The molecular weight excluding hydrogens is 285 g/mol. The molecule has 1 aromatic heterocycles. The molecule has 6 heteroatoms. The van der Waals surface area contributed by atoms with Gasteiger partial charge in [0.1, 0.15) is 0 Å². The third-order valence-electron chi connectivity index (χ3n) is 3.43. The number of thiophene rings is 1. The van der Waals surface area contributed by atoms with Gasteiger partial charge in [-0.05, 0) is 44.2 Å². The number of halogens is 3. The fraction of sp³-hybridized carbons (Fsp3) is 0.714. The van der Waals surface area contributed by atoms with Gasteiger partial charge in [0, 0.05) is 17.0 Å². The van der Waals surface area contributed by atoms with Crippen molar-refractivity contribution in [1.29, 1.82) is 0 Å². The fourth-order valence-corrected chi connectivity index (χ4v) is 3.43. The van der Waals surface area contributed by atoms with E-state index in [1.54, 1.807) is 13.8 Å². The third-order valence-corrected chi connectivity index (χ3v) is 4.52. The largest absolute Gasteiger partial charge is 0.401 e. The molecule has 2 unspecified atom stereocenters. The number of hydrogen-bond donors (Lipinski definition) is 1. The summed E-state index contributed by atoms with van der Waals surface area (Å²) in [5.74, 6) is 0. The SMILES string of the molecule is CCC(N)C(c1sccc1C)N(CC(F)(F)F)C(C)C. The molecule has 1 heterocycles. The first kappa shape index (κ1) is 17.5. The summed E-state index contributed by atoms with van der Waals surface area (Å²) < 4.78 is 38.6. The summed E-state index contributed by atoms with van der Waals surface area (Å²) in [7, 11) is 0. The van der Waals surface area contributed by atoms with Crippen LogP contribution in [0.25, 0.3) is 0 Å². The molecule has 0 aromatic carbocycles. The van der Waals surface area contributed by atoms with Gasteiger partial charge >= 0.3 is 6.18 Å². The van der Waals surface area contributed by atoms with Crippen LogP contribution in [0.15, 0.2) is 11.4 Å². The Bertz CT molecular complexity index is 415. The quantitative estimate of drug-likeness (QED) is 0.857. The molecule has 0 saturated carbocycles. The van der Waals surface area contributed by atoms with Crippen LogP contribution in [0.5, 0.6) is 0 Å². The summed E-state index contributed by atoms with van der Waals surface area (Å²) in [5, 5.41) is 1.91. The maximum atomic E-state index is 12.9. The first-order valence-electron chi connectivity index (χ1n) is 6.79. The minimum absolute atomic E-state index is 0.222. The van der Waals surface area contributed by atoms with E-state index in [4.69, 9.17) is 5.73 Å². The average molecular weight is 308 g/mol. The lowest BCUT2D eigenvalue weighted by molar-refractivity contribution is -0.156. The second-order valence-corrected chi connectivity index (χ2v) is 6.31. The normalized spacial score (nSPS) is 15.9. The summed E-state index contributed by atoms with van der Waals surface area (Å²) in [4.78, 5) is 2.41. The Morgan fingerprint density at radius 1 is 1.35 bits per heavy atom. The zero-order valence-electron chi connectivity index (χ0n) is 12.4. The number of nitrogens with zero attached hydrogens (tertiary/aromatic N) is 1. The number of aryl methyl sites for hydroxylation is 1. The monoisotopic (exact) mass is 308 g/mol. The lowest BCUT2D eigenvalue weighted by Gasteiger charge is -2.38. The van der Waals surface area contributed by atoms with Gasteiger partial charge in [-0.15, -0.1) is 11.3 Å². The van der Waals surface area contributed by atoms with Crippen LogP contribution in [0.4, 0.5) is 13.2 Å². The molecule has 1 aromatic rings. The number of rotatable bonds is 6. The van der Waals surface area contributed by atoms with Crippen molar-refractivity contribution in [2.45, 2.75) is 58.4 Å². The van der Waals surface area contributed by atoms with Crippen molar-refractivity contribution < 1.29 is 13.2 Å². The van der Waals surface area contributed by atoms with Crippen molar-refractivity contribution in [3.63, 3.8) is 0 Å². The van der Waals surface area contributed by atoms with Crippen LogP contribution in [0, 0.1) is 6.92 Å². The van der Waals surface area contributed by atoms with E-state index in [2.05, 4.69) is 0 Å². The predicted octanol–water partition coefficient (Wildman–Crippen LogP) is 4.11. The van der Waals surface area contributed by atoms with Crippen molar-refractivity contribution in [2.75, 3.05) is 6.54 Å². The maximum absolute atomic E-state index is 12.9. The van der Waals surface area contributed by atoms with Crippen LogP contribution in [-0.2, 0) is 0 Å². The smallest absolute Gasteiger partial charge is 0.326 e. The summed E-state index contributed by atoms with van der Waals surface area (Å²) >= 11 is 1.48. The summed E-state index contributed by atoms with van der Waals surface area (Å²) in [6, 6.07) is 1.01. The summed E-state index contributed by atoms with van der Waals surface area (Å²) in [6.45, 7) is 6.47. The molecule has 0 bridgehead atoms. The minimum Gasteiger partial charge on any atom is -0.326 e. The minimum atomic E-state index is -4.22. The topological polar surface area (TPSA) is 29.3 Å². The maximum Gasteiger partial charge on any atom is 0.401 e. The molecule has 0 aliphatic heterocycles. The van der Waals surface area contributed by atoms with E-state index in [-0.39, 0.29) is 18.1 Å². The predicted molar refractivity (Wildman–Crippen MR) is 78.0 cm³/mol. The van der Waals surface area contributed by atoms with E-state index in [1.165, 1.54) is 16.2 Å². The summed E-state index contributed by atoms with van der Waals surface area (Å²) in [6.07, 6.45) is -3.58. The van der Waals surface area contributed by atoms with E-state index in [0.717, 1.165) is 10.4 Å². The zero-order valence-corrected chi connectivity index (χ0v) is 13.2. The van der Waals surface area contributed by atoms with Gasteiger partial charge < -0.3 is 5.73 Å². The highest BCUT2D eigenvalue weighted by molar-refractivity contribution is 7.10. The second kappa shape index (κ2) is 6.91. The molecule has 0 spiro atoms. The first-order valence-corrected chi connectivity index (χ1v) is 7.67. The van der Waals surface area contributed by atoms with Gasteiger partial charge in [-0.2, -0.15) is 13.2 Å². The number of nitrogens with two attached hydrogens (primary N) is 1. The Morgan fingerprint density at radius 2 is 1.95 bits per heavy atom. The van der Waals surface area contributed by atoms with Crippen LogP contribution in [-0.4, -0.2) is 29.7 Å². The second-order valence-electron chi connectivity index (χ2n) is 5.37. The summed E-state index contributed by atoms with van der Waals surface area (Å²) in [5.41, 5.74) is 7.14. The Labute approximate surface area is 122 Å². The van der Waals surface area contributed by atoms with Crippen LogP contribution in [0.3, 0.4) is 0 Å². The Balaban J connectivity index is 3.16. The molecule has 0 aliphatic rings.